The first-order valence-corrected chi connectivity index (χ1v) is 4.97. The second-order valence-corrected chi connectivity index (χ2v) is 3.49. The zero-order valence-corrected chi connectivity index (χ0v) is 8.24. The number of carboxylic acid groups (broad SMARTS) is 1. The maximum absolute atomic E-state index is 10.8. The van der Waals surface area contributed by atoms with E-state index < -0.39 is 12.1 Å². The van der Waals surface area contributed by atoms with Crippen molar-refractivity contribution in [2.45, 2.75) is 12.5 Å². The molecule has 0 aliphatic rings. The lowest BCUT2D eigenvalue weighted by atomic mass is 10.3. The first-order chi connectivity index (χ1) is 6.75. The molecule has 0 saturated carbocycles. The van der Waals surface area contributed by atoms with E-state index in [1.54, 1.807) is 5.51 Å². The van der Waals surface area contributed by atoms with Crippen LogP contribution in [0, 0.1) is 0 Å². The Hall–Kier alpha value is -0.980. The average Bonchev–Trinajstić information content (AvgIpc) is 2.64. The third kappa shape index (κ3) is 3.06. The molecule has 1 unspecified atom stereocenters. The van der Waals surface area contributed by atoms with Crippen LogP contribution in [0.4, 0.5) is 0 Å². The molecule has 14 heavy (non-hydrogen) atoms. The largest absolute Gasteiger partial charge is 0.479 e. The van der Waals surface area contributed by atoms with Crippen molar-refractivity contribution in [2.75, 3.05) is 13.2 Å². The molecule has 6 heteroatoms. The smallest absolute Gasteiger partial charge is 0.338 e. The number of carboxylic acids is 1. The molecular weight excluding hydrogens is 206 g/mol. The summed E-state index contributed by atoms with van der Waals surface area (Å²) in [5, 5.41) is 17.3. The van der Waals surface area contributed by atoms with Crippen molar-refractivity contribution >= 4 is 17.3 Å². The third-order valence-electron chi connectivity index (χ3n) is 1.52. The molecule has 1 heterocycles. The van der Waals surface area contributed by atoms with E-state index in [0.717, 1.165) is 0 Å². The van der Waals surface area contributed by atoms with E-state index in [9.17, 15) is 4.79 Å². The highest BCUT2D eigenvalue weighted by Gasteiger charge is 2.21. The third-order valence-corrected chi connectivity index (χ3v) is 2.34. The lowest BCUT2D eigenvalue weighted by Gasteiger charge is -2.10. The standard InChI is InChI=1S/C8H11NO4S/c10-2-1-3-13-7(8(11)12)6-4-9-5-14-6/h4-5,7,10H,1-3H2,(H,11,12). The minimum absolute atomic E-state index is 0.00493. The Balaban J connectivity index is 2.52. The minimum Gasteiger partial charge on any atom is -0.479 e. The van der Waals surface area contributed by atoms with Gasteiger partial charge in [0.25, 0.3) is 0 Å². The predicted molar refractivity (Wildman–Crippen MR) is 50.1 cm³/mol. The van der Waals surface area contributed by atoms with Crippen molar-refractivity contribution in [3.8, 4) is 0 Å². The Morgan fingerprint density at radius 3 is 3.00 bits per heavy atom. The van der Waals surface area contributed by atoms with Gasteiger partial charge in [-0.05, 0) is 6.42 Å². The Bertz CT molecular complexity index is 275. The van der Waals surface area contributed by atoms with Crippen LogP contribution in [0.15, 0.2) is 11.7 Å². The first kappa shape index (κ1) is 11.1. The summed E-state index contributed by atoms with van der Waals surface area (Å²) in [5.74, 6) is -1.04. The summed E-state index contributed by atoms with van der Waals surface area (Å²) < 4.78 is 5.10. The summed E-state index contributed by atoms with van der Waals surface area (Å²) in [5.41, 5.74) is 1.56. The normalized spacial score (nSPS) is 12.6. The molecule has 0 spiro atoms. The Morgan fingerprint density at radius 1 is 1.71 bits per heavy atom. The summed E-state index contributed by atoms with van der Waals surface area (Å²) >= 11 is 1.24. The van der Waals surface area contributed by atoms with Crippen LogP contribution in [0.2, 0.25) is 0 Å². The number of aliphatic hydroxyl groups excluding tert-OH is 1. The molecule has 1 rings (SSSR count). The summed E-state index contributed by atoms with van der Waals surface area (Å²) in [4.78, 5) is 15.1. The molecule has 0 saturated heterocycles. The summed E-state index contributed by atoms with van der Waals surface area (Å²) in [6.45, 7) is 0.223. The van der Waals surface area contributed by atoms with Crippen molar-refractivity contribution in [3.05, 3.63) is 16.6 Å². The fourth-order valence-corrected chi connectivity index (χ4v) is 1.55. The van der Waals surface area contributed by atoms with Gasteiger partial charge in [-0.2, -0.15) is 0 Å². The number of aliphatic hydroxyl groups is 1. The SMILES string of the molecule is O=C(O)C(OCCCO)c1cncs1. The van der Waals surface area contributed by atoms with Gasteiger partial charge in [-0.15, -0.1) is 11.3 Å². The van der Waals surface area contributed by atoms with Crippen molar-refractivity contribution in [2.24, 2.45) is 0 Å². The summed E-state index contributed by atoms with van der Waals surface area (Å²) in [6.07, 6.45) is 0.944. The lowest BCUT2D eigenvalue weighted by molar-refractivity contribution is -0.150. The molecule has 0 amide bonds. The fraction of sp³-hybridized carbons (Fsp3) is 0.500. The van der Waals surface area contributed by atoms with Gasteiger partial charge in [0.1, 0.15) is 0 Å². The van der Waals surface area contributed by atoms with Crippen LogP contribution in [0.3, 0.4) is 0 Å². The van der Waals surface area contributed by atoms with Gasteiger partial charge in [-0.25, -0.2) is 4.79 Å². The number of aromatic nitrogens is 1. The number of nitrogens with zero attached hydrogens (tertiary/aromatic N) is 1. The Labute approximate surface area is 85.0 Å². The van der Waals surface area contributed by atoms with Crippen molar-refractivity contribution in [3.63, 3.8) is 0 Å². The first-order valence-electron chi connectivity index (χ1n) is 4.09. The lowest BCUT2D eigenvalue weighted by Crippen LogP contribution is -2.15. The number of hydrogen-bond donors (Lipinski definition) is 2. The van der Waals surface area contributed by atoms with Gasteiger partial charge in [0.2, 0.25) is 0 Å². The molecule has 0 aromatic carbocycles. The molecule has 2 N–H and O–H groups in total. The molecular formula is C8H11NO4S. The van der Waals surface area contributed by atoms with E-state index in [4.69, 9.17) is 14.9 Å². The van der Waals surface area contributed by atoms with Gasteiger partial charge in [0, 0.05) is 12.8 Å². The van der Waals surface area contributed by atoms with Gasteiger partial charge in [-0.3, -0.25) is 4.98 Å². The topological polar surface area (TPSA) is 79.7 Å². The van der Waals surface area contributed by atoms with Crippen LogP contribution in [0.1, 0.15) is 17.4 Å². The van der Waals surface area contributed by atoms with Gasteiger partial charge >= 0.3 is 5.97 Å². The molecule has 78 valence electrons. The predicted octanol–water partition coefficient (Wildman–Crippen LogP) is 0.668. The molecule has 1 atom stereocenters. The zero-order valence-electron chi connectivity index (χ0n) is 7.42. The van der Waals surface area contributed by atoms with Crippen molar-refractivity contribution in [1.29, 1.82) is 0 Å². The number of aliphatic carboxylic acids is 1. The van der Waals surface area contributed by atoms with Crippen LogP contribution in [-0.2, 0) is 9.53 Å². The number of ether oxygens (including phenoxy) is 1. The van der Waals surface area contributed by atoms with Gasteiger partial charge in [-0.1, -0.05) is 0 Å². The van der Waals surface area contributed by atoms with E-state index in [0.29, 0.717) is 11.3 Å². The fourth-order valence-electron chi connectivity index (χ4n) is 0.896. The van der Waals surface area contributed by atoms with Gasteiger partial charge in [0.15, 0.2) is 6.10 Å². The quantitative estimate of drug-likeness (QED) is 0.684. The van der Waals surface area contributed by atoms with E-state index in [1.165, 1.54) is 17.5 Å². The Kier molecular flexibility index (Phi) is 4.51. The molecule has 0 bridgehead atoms. The maximum atomic E-state index is 10.8. The highest BCUT2D eigenvalue weighted by molar-refractivity contribution is 7.09. The van der Waals surface area contributed by atoms with E-state index in [1.807, 2.05) is 0 Å². The minimum atomic E-state index is -1.04. The molecule has 1 aromatic heterocycles. The number of hydrogen-bond acceptors (Lipinski definition) is 5. The molecule has 0 fully saturated rings. The van der Waals surface area contributed by atoms with Crippen LogP contribution in [0.5, 0.6) is 0 Å². The van der Waals surface area contributed by atoms with Crippen LogP contribution in [0.25, 0.3) is 0 Å². The van der Waals surface area contributed by atoms with E-state index in [2.05, 4.69) is 4.98 Å². The molecule has 0 radical (unpaired) electrons. The van der Waals surface area contributed by atoms with Crippen LogP contribution >= 0.6 is 11.3 Å². The second kappa shape index (κ2) is 5.69. The summed E-state index contributed by atoms with van der Waals surface area (Å²) in [6, 6.07) is 0. The molecule has 1 aromatic rings. The zero-order chi connectivity index (χ0) is 10.4. The maximum Gasteiger partial charge on any atom is 0.338 e. The van der Waals surface area contributed by atoms with E-state index in [-0.39, 0.29) is 13.2 Å². The highest BCUT2D eigenvalue weighted by atomic mass is 32.1. The number of thiazole rings is 1. The molecule has 0 aliphatic carbocycles. The average molecular weight is 217 g/mol. The number of carbonyl (C=O) groups is 1. The monoisotopic (exact) mass is 217 g/mol. The molecule has 0 aliphatic heterocycles. The van der Waals surface area contributed by atoms with Crippen molar-refractivity contribution in [1.82, 2.24) is 4.98 Å². The van der Waals surface area contributed by atoms with Gasteiger partial charge in [0.05, 0.1) is 17.0 Å². The van der Waals surface area contributed by atoms with Crippen LogP contribution < -0.4 is 0 Å². The van der Waals surface area contributed by atoms with Crippen LogP contribution in [-0.4, -0.2) is 34.4 Å². The van der Waals surface area contributed by atoms with Gasteiger partial charge < -0.3 is 14.9 Å². The van der Waals surface area contributed by atoms with E-state index >= 15 is 0 Å². The highest BCUT2D eigenvalue weighted by Crippen LogP contribution is 2.21. The van der Waals surface area contributed by atoms with Crippen molar-refractivity contribution < 1.29 is 19.7 Å². The second-order valence-electron chi connectivity index (χ2n) is 2.57. The molecule has 5 nitrogen and oxygen atoms in total. The number of rotatable bonds is 6. The Morgan fingerprint density at radius 2 is 2.50 bits per heavy atom. The summed E-state index contributed by atoms with van der Waals surface area (Å²) in [7, 11) is 0.